The lowest BCUT2D eigenvalue weighted by Crippen LogP contribution is -2.47. The molecule has 124 heavy (non-hydrogen) atoms. The zero-order chi connectivity index (χ0) is 86.0. The fourth-order valence-corrected chi connectivity index (χ4v) is 14.5. The van der Waals surface area contributed by atoms with Crippen molar-refractivity contribution in [1.29, 1.82) is 0 Å². The monoisotopic (exact) mass is 1670 g/mol. The molecule has 2 fully saturated rings. The summed E-state index contributed by atoms with van der Waals surface area (Å²) in [5, 5.41) is 59.2. The molecule has 0 radical (unpaired) electrons. The molecular weight excluding hydrogens is 1580 g/mol. The number of carbonyl (C=O) groups excluding carboxylic acids is 1. The van der Waals surface area contributed by atoms with Gasteiger partial charge in [-0.25, -0.2) is 19.9 Å². The number of ether oxygens (including phenoxy) is 5. The van der Waals surface area contributed by atoms with Crippen LogP contribution in [-0.2, 0) is 9.53 Å². The first-order valence-electron chi connectivity index (χ1n) is 40.2. The van der Waals surface area contributed by atoms with Gasteiger partial charge >= 0.3 is 0 Å². The molecule has 10 N–H and O–H groups in total. The van der Waals surface area contributed by atoms with Crippen molar-refractivity contribution in [2.75, 3.05) is 106 Å². The third-order valence-corrected chi connectivity index (χ3v) is 20.9. The van der Waals surface area contributed by atoms with Crippen LogP contribution >= 0.6 is 0 Å². The lowest BCUT2D eigenvalue weighted by molar-refractivity contribution is -0.144. The van der Waals surface area contributed by atoms with Crippen LogP contribution < -0.4 is 41.2 Å². The molecule has 16 aromatic rings. The van der Waals surface area contributed by atoms with Crippen molar-refractivity contribution in [3.63, 3.8) is 0 Å². The van der Waals surface area contributed by atoms with Crippen LogP contribution in [0.15, 0.2) is 288 Å². The van der Waals surface area contributed by atoms with Crippen LogP contribution in [0, 0.1) is 0 Å². The second-order valence-electron chi connectivity index (χ2n) is 29.5. The Morgan fingerprint density at radius 2 is 0.645 bits per heavy atom. The number of β-amino-alcohol motifs (C(OH)–C–C–N with tert-alkyl or cyclic N) is 2. The summed E-state index contributed by atoms with van der Waals surface area (Å²) in [7, 11) is 2.12. The van der Waals surface area contributed by atoms with Gasteiger partial charge in [-0.15, -0.1) is 0 Å². The highest BCUT2D eigenvalue weighted by molar-refractivity contribution is 5.98. The summed E-state index contributed by atoms with van der Waals surface area (Å²) in [6, 6.07) is 68.3. The van der Waals surface area contributed by atoms with Crippen LogP contribution in [0.5, 0.6) is 23.0 Å². The van der Waals surface area contributed by atoms with Crippen molar-refractivity contribution in [3.05, 3.63) is 310 Å². The molecule has 2 aliphatic rings. The summed E-state index contributed by atoms with van der Waals surface area (Å²) in [5.41, 5.74) is 11.7. The third-order valence-electron chi connectivity index (χ3n) is 20.9. The maximum absolute atomic E-state index is 12.7. The van der Waals surface area contributed by atoms with E-state index >= 15 is 0 Å². The molecule has 31 heteroatoms. The van der Waals surface area contributed by atoms with Crippen LogP contribution in [0.4, 0.5) is 0 Å². The van der Waals surface area contributed by atoms with E-state index in [1.54, 1.807) is 41.3 Å². The van der Waals surface area contributed by atoms with E-state index in [9.17, 15) is 44.4 Å². The highest BCUT2D eigenvalue weighted by atomic mass is 16.5. The molecule has 0 aliphatic carbocycles. The minimum Gasteiger partial charge on any atom is -0.491 e. The molecule has 8 aromatic heterocycles. The Morgan fingerprint density at radius 3 is 0.968 bits per heavy atom. The van der Waals surface area contributed by atoms with Gasteiger partial charge in [0.05, 0.1) is 73.2 Å². The lowest BCUT2D eigenvalue weighted by Gasteiger charge is -2.33. The number of aromatic nitrogens is 12. The van der Waals surface area contributed by atoms with Crippen molar-refractivity contribution >= 4 is 50.0 Å². The molecule has 4 unspecified atom stereocenters. The summed E-state index contributed by atoms with van der Waals surface area (Å²) in [6.07, 6.45) is 10.1. The Kier molecular flexibility index (Phi) is 27.3. The average molecular weight is 1670 g/mol. The number of aliphatic hydroxyl groups is 6. The minimum absolute atomic E-state index is 0.00670. The number of carbonyl (C=O) groups is 1. The molecule has 8 aromatic carbocycles. The molecule has 1 amide bonds. The number of aliphatic hydroxyl groups excluding tert-OH is 6. The Labute approximate surface area is 708 Å². The number of benzene rings is 8. The van der Waals surface area contributed by atoms with Crippen LogP contribution in [0.3, 0.4) is 0 Å². The first-order valence-corrected chi connectivity index (χ1v) is 40.2. The van der Waals surface area contributed by atoms with E-state index in [-0.39, 0.29) is 80.9 Å². The number of likely N-dealkylation sites (N-methyl/N-ethyl adjacent to an activating group) is 1. The predicted octanol–water partition coefficient (Wildman–Crippen LogP) is 8.57. The van der Waals surface area contributed by atoms with Gasteiger partial charge < -0.3 is 102 Å². The second kappa shape index (κ2) is 40.0. The standard InChI is InChI=1S/C26H29N5O3.C25H24N4O5.2C21H19N3O4/c1-29-11-13-30(14-12-29)15-21(32)17-34-22-9-7-19(8-10-22)23-16-31(20-5-3-2-4-6-20)25-24(23)26(33)28-18-27-25;30-19(12-28-10-11-33-15-22(28)31)14-34-20-8-6-17(7-9-20)21-13-29(18-4-2-1-3-5-18)24-23(21)25(32)27-16-26-24;25-11-16(26)12-28-17-8-6-14(7-9-17)18-10-24(15-4-2-1-3-5-15)20-19(18)21(27)23-13-22-20;25-11-16(26)12-28-17-8-6-15(7-9-17)24-10-18(14-4-2-1-3-5-14)19-20(24)22-13-23-21(19)27/h2-10,16,18,21,32H,11-15,17H2,1H3,(H,27,28,33);1-9,13,16,19,30H,10-12,14-15H2,(H,26,27,32);2*1-10,13,16,25-26H,11-12H2,(H,22,23,27). The zero-order valence-corrected chi connectivity index (χ0v) is 67.5. The summed E-state index contributed by atoms with van der Waals surface area (Å²) in [4.78, 5) is 96.5. The van der Waals surface area contributed by atoms with Crippen molar-refractivity contribution in [3.8, 4) is 90.3 Å². The summed E-state index contributed by atoms with van der Waals surface area (Å²) < 4.78 is 35.1. The van der Waals surface area contributed by atoms with E-state index in [0.717, 1.165) is 93.4 Å². The zero-order valence-electron chi connectivity index (χ0n) is 67.5. The van der Waals surface area contributed by atoms with E-state index in [1.165, 1.54) is 25.3 Å². The normalized spacial score (nSPS) is 14.0. The van der Waals surface area contributed by atoms with Crippen molar-refractivity contribution in [1.82, 2.24) is 72.8 Å². The lowest BCUT2D eigenvalue weighted by atomic mass is 10.1. The quantitative estimate of drug-likeness (QED) is 0.0242. The van der Waals surface area contributed by atoms with Gasteiger partial charge in [0.15, 0.2) is 22.6 Å². The number of hydrogen-bond acceptors (Lipinski definition) is 22. The van der Waals surface area contributed by atoms with E-state index in [1.807, 2.05) is 225 Å². The van der Waals surface area contributed by atoms with Gasteiger partial charge in [0, 0.05) is 109 Å². The van der Waals surface area contributed by atoms with Crippen molar-refractivity contribution in [2.45, 2.75) is 24.4 Å². The van der Waals surface area contributed by atoms with E-state index < -0.39 is 24.4 Å². The Hall–Kier alpha value is -14.3. The predicted molar refractivity (Wildman–Crippen MR) is 470 cm³/mol. The SMILES string of the molecule is CN1CCN(CC(O)COc2ccc(-c3cn(-c4ccccc4)c4nc[nH]c(=O)c34)cc2)CC1.O=C1COCCN1CC(O)COc1ccc(-c2cn(-c3ccccc3)c3nc[nH]c(=O)c23)cc1.O=c1[nH]cnc2c1c(-c1ccc(OCC(O)CO)cc1)cn2-c1ccccc1.O=c1[nH]cnc2c1c(-c1ccccc1)cn2-c1ccc(OCC(O)CO)cc1. The Balaban J connectivity index is 0.000000129. The van der Waals surface area contributed by atoms with Gasteiger partial charge in [-0.1, -0.05) is 121 Å². The topological polar surface area (TPSA) is 397 Å². The van der Waals surface area contributed by atoms with Gasteiger partial charge in [-0.3, -0.25) is 28.9 Å². The van der Waals surface area contributed by atoms with Gasteiger partial charge in [0.25, 0.3) is 22.2 Å². The number of amides is 1. The summed E-state index contributed by atoms with van der Waals surface area (Å²) in [5.74, 6) is 2.26. The molecule has 18 rings (SSSR count). The largest absolute Gasteiger partial charge is 0.491 e. The molecule has 2 saturated heterocycles. The molecule has 634 valence electrons. The number of para-hydroxylation sites is 3. The van der Waals surface area contributed by atoms with Gasteiger partial charge in [-0.05, 0) is 126 Å². The molecule has 0 saturated carbocycles. The van der Waals surface area contributed by atoms with Crippen LogP contribution in [0.25, 0.3) is 111 Å². The number of aromatic amines is 4. The van der Waals surface area contributed by atoms with Gasteiger partial charge in [0.2, 0.25) is 5.91 Å². The highest BCUT2D eigenvalue weighted by Gasteiger charge is 2.25. The van der Waals surface area contributed by atoms with Gasteiger partial charge in [0.1, 0.15) is 80.4 Å². The number of nitrogens with one attached hydrogen (secondary N) is 4. The molecule has 31 nitrogen and oxygen atoms in total. The Bertz CT molecular complexity index is 6480. The maximum atomic E-state index is 12.7. The molecule has 0 spiro atoms. The van der Waals surface area contributed by atoms with E-state index in [2.05, 4.69) is 56.7 Å². The molecule has 10 heterocycles. The number of fused-ring (bicyclic) bond motifs is 4. The minimum atomic E-state index is -0.923. The first kappa shape index (κ1) is 84.8. The van der Waals surface area contributed by atoms with Crippen molar-refractivity contribution < 1.29 is 59.1 Å². The van der Waals surface area contributed by atoms with Crippen LogP contribution in [0.1, 0.15) is 0 Å². The fourth-order valence-electron chi connectivity index (χ4n) is 14.5. The molecule has 0 bridgehead atoms. The Morgan fingerprint density at radius 1 is 0.355 bits per heavy atom. The number of H-pyrrole nitrogens is 4. The maximum Gasteiger partial charge on any atom is 0.260 e. The third kappa shape index (κ3) is 20.2. The second-order valence-corrected chi connectivity index (χ2v) is 29.5. The fraction of sp³-hybridized carbons (Fsp3) is 0.215. The van der Waals surface area contributed by atoms with Crippen molar-refractivity contribution in [2.24, 2.45) is 0 Å². The summed E-state index contributed by atoms with van der Waals surface area (Å²) in [6.45, 7) is 5.39. The van der Waals surface area contributed by atoms with Crippen LogP contribution in [0.2, 0.25) is 0 Å². The average Bonchev–Trinajstić information content (AvgIpc) is 1.63. The smallest absolute Gasteiger partial charge is 0.260 e. The van der Waals surface area contributed by atoms with Crippen LogP contribution in [-0.4, -0.2) is 240 Å². The molecule has 2 aliphatic heterocycles. The number of nitrogens with zero attached hydrogens (tertiary/aromatic N) is 11. The van der Waals surface area contributed by atoms with E-state index in [4.69, 9.17) is 33.9 Å². The molecular formula is C93H91N15O16. The highest BCUT2D eigenvalue weighted by Crippen LogP contribution is 2.36. The number of rotatable bonds is 26. The summed E-state index contributed by atoms with van der Waals surface area (Å²) >= 11 is 0. The molecule has 4 atom stereocenters. The van der Waals surface area contributed by atoms with Gasteiger partial charge in [-0.2, -0.15) is 0 Å². The number of piperazine rings is 1. The number of morpholine rings is 1. The first-order chi connectivity index (χ1) is 60.5. The number of hydrogen-bond donors (Lipinski definition) is 10. The van der Waals surface area contributed by atoms with E-state index in [0.29, 0.717) is 86.8 Å².